The Kier molecular flexibility index (Phi) is 6.76. The van der Waals surface area contributed by atoms with E-state index in [9.17, 15) is 4.79 Å². The summed E-state index contributed by atoms with van der Waals surface area (Å²) in [6.07, 6.45) is 1.63. The highest BCUT2D eigenvalue weighted by atomic mass is 79.9. The molecule has 1 heterocycles. The zero-order valence-corrected chi connectivity index (χ0v) is 19.3. The smallest absolute Gasteiger partial charge is 0.339 e. The predicted molar refractivity (Wildman–Crippen MR) is 123 cm³/mol. The molecule has 2 N–H and O–H groups in total. The number of aromatic nitrogens is 1. The lowest BCUT2D eigenvalue weighted by atomic mass is 10.2. The van der Waals surface area contributed by atoms with Crippen LogP contribution in [0.2, 0.25) is 0 Å². The molecule has 0 spiro atoms. The number of para-hydroxylation sites is 2. The van der Waals surface area contributed by atoms with E-state index >= 15 is 0 Å². The fourth-order valence-electron chi connectivity index (χ4n) is 3.01. The molecule has 8 heteroatoms. The Morgan fingerprint density at radius 3 is 2.45 bits per heavy atom. The van der Waals surface area contributed by atoms with Crippen molar-refractivity contribution < 1.29 is 9.53 Å². The van der Waals surface area contributed by atoms with Crippen LogP contribution in [0.25, 0.3) is 5.69 Å². The van der Waals surface area contributed by atoms with Gasteiger partial charge in [-0.2, -0.15) is 5.10 Å². The van der Waals surface area contributed by atoms with Crippen LogP contribution in [0.4, 0.5) is 10.5 Å². The molecule has 0 saturated carbocycles. The molecule has 2 aromatic carbocycles. The minimum absolute atomic E-state index is 0.455. The van der Waals surface area contributed by atoms with Crippen LogP contribution >= 0.6 is 31.9 Å². The summed E-state index contributed by atoms with van der Waals surface area (Å²) >= 11 is 7.10. The molecule has 2 amide bonds. The van der Waals surface area contributed by atoms with E-state index in [4.69, 9.17) is 4.74 Å². The number of carbonyl (C=O) groups excluding carboxylic acids is 1. The number of nitrogens with zero attached hydrogens (tertiary/aromatic N) is 2. The Hall–Kier alpha value is -2.58. The van der Waals surface area contributed by atoms with Crippen LogP contribution < -0.4 is 15.5 Å². The summed E-state index contributed by atoms with van der Waals surface area (Å²) < 4.78 is 9.30. The number of benzene rings is 2. The second-order valence-electron chi connectivity index (χ2n) is 6.23. The number of ether oxygens (including phenoxy) is 1. The van der Waals surface area contributed by atoms with E-state index in [0.29, 0.717) is 11.4 Å². The average Bonchev–Trinajstić information content (AvgIpc) is 2.92. The van der Waals surface area contributed by atoms with Crippen LogP contribution in [0.3, 0.4) is 0 Å². The highest BCUT2D eigenvalue weighted by molar-refractivity contribution is 9.10. The summed E-state index contributed by atoms with van der Waals surface area (Å²) in [7, 11) is 1.55. The number of hydrazone groups is 1. The number of halogens is 2. The lowest BCUT2D eigenvalue weighted by molar-refractivity contribution is 0.252. The molecule has 0 radical (unpaired) electrons. The first kappa shape index (κ1) is 21.1. The summed E-state index contributed by atoms with van der Waals surface area (Å²) in [5.74, 6) is 0.576. The van der Waals surface area contributed by atoms with E-state index < -0.39 is 6.03 Å². The van der Waals surface area contributed by atoms with Crippen molar-refractivity contribution in [1.82, 2.24) is 9.99 Å². The Bertz CT molecular complexity index is 1060. The van der Waals surface area contributed by atoms with E-state index in [0.717, 1.165) is 31.6 Å². The number of carbonyl (C=O) groups is 1. The topological polar surface area (TPSA) is 67.7 Å². The van der Waals surface area contributed by atoms with E-state index in [1.54, 1.807) is 25.5 Å². The number of amides is 2. The van der Waals surface area contributed by atoms with Gasteiger partial charge in [-0.25, -0.2) is 10.2 Å². The third kappa shape index (κ3) is 4.71. The van der Waals surface area contributed by atoms with Gasteiger partial charge in [-0.1, -0.05) is 28.1 Å². The van der Waals surface area contributed by atoms with Crippen LogP contribution in [-0.2, 0) is 0 Å². The maximum atomic E-state index is 12.2. The fraction of sp³-hybridized carbons (Fsp3) is 0.143. The lowest BCUT2D eigenvalue weighted by Gasteiger charge is -2.09. The molecule has 0 saturated heterocycles. The molecule has 1 aromatic heterocycles. The number of anilines is 1. The summed E-state index contributed by atoms with van der Waals surface area (Å²) in [6, 6.07) is 14.8. The molecule has 0 bridgehead atoms. The van der Waals surface area contributed by atoms with Gasteiger partial charge in [-0.3, -0.25) is 0 Å². The highest BCUT2D eigenvalue weighted by Gasteiger charge is 2.16. The number of nitrogens with one attached hydrogen (secondary N) is 2. The molecular formula is C21H20Br2N4O2. The standard InChI is InChI=1S/C21H20Br2N4O2/c1-13-17(20(23)14(2)27(13)16-10-8-15(22)9-11-16)12-24-26-21(28)25-18-6-4-5-7-19(18)29-3/h4-12H,1-3H3,(H2,25,26,28)/b24-12+. The second-order valence-corrected chi connectivity index (χ2v) is 7.94. The molecule has 0 aliphatic rings. The van der Waals surface area contributed by atoms with E-state index in [2.05, 4.69) is 52.3 Å². The zero-order valence-electron chi connectivity index (χ0n) is 16.2. The van der Waals surface area contributed by atoms with Gasteiger partial charge in [-0.15, -0.1) is 0 Å². The monoisotopic (exact) mass is 518 g/mol. The highest BCUT2D eigenvalue weighted by Crippen LogP contribution is 2.30. The number of methoxy groups -OCH3 is 1. The third-order valence-corrected chi connectivity index (χ3v) is 5.94. The molecule has 0 fully saturated rings. The maximum absolute atomic E-state index is 12.2. The number of hydrogen-bond donors (Lipinski definition) is 2. The van der Waals surface area contributed by atoms with Gasteiger partial charge in [0.15, 0.2) is 0 Å². The first-order valence-corrected chi connectivity index (χ1v) is 10.4. The number of rotatable bonds is 5. The van der Waals surface area contributed by atoms with Crippen LogP contribution in [0.5, 0.6) is 5.75 Å². The third-order valence-electron chi connectivity index (χ3n) is 4.41. The molecule has 29 heavy (non-hydrogen) atoms. The van der Waals surface area contributed by atoms with Gasteiger partial charge < -0.3 is 14.6 Å². The molecule has 6 nitrogen and oxygen atoms in total. The van der Waals surface area contributed by atoms with Crippen LogP contribution in [-0.4, -0.2) is 23.9 Å². The Balaban J connectivity index is 1.76. The van der Waals surface area contributed by atoms with Crippen LogP contribution in [0.15, 0.2) is 62.6 Å². The Labute approximate surface area is 186 Å². The molecule has 0 aliphatic heterocycles. The van der Waals surface area contributed by atoms with Gasteiger partial charge >= 0.3 is 6.03 Å². The first-order chi connectivity index (χ1) is 13.9. The van der Waals surface area contributed by atoms with Gasteiger partial charge in [-0.05, 0) is 66.2 Å². The largest absolute Gasteiger partial charge is 0.495 e. The summed E-state index contributed by atoms with van der Waals surface area (Å²) in [5, 5.41) is 6.81. The minimum atomic E-state index is -0.455. The van der Waals surface area contributed by atoms with Crippen LogP contribution in [0.1, 0.15) is 17.0 Å². The maximum Gasteiger partial charge on any atom is 0.339 e. The van der Waals surface area contributed by atoms with Crippen molar-refractivity contribution in [2.45, 2.75) is 13.8 Å². The molecule has 0 atom stereocenters. The number of hydrogen-bond acceptors (Lipinski definition) is 3. The lowest BCUT2D eigenvalue weighted by Crippen LogP contribution is -2.24. The van der Waals surface area contributed by atoms with Crippen molar-refractivity contribution in [2.24, 2.45) is 5.10 Å². The van der Waals surface area contributed by atoms with Crippen molar-refractivity contribution in [1.29, 1.82) is 0 Å². The molecule has 0 aliphatic carbocycles. The van der Waals surface area contributed by atoms with Crippen molar-refractivity contribution in [3.8, 4) is 11.4 Å². The van der Waals surface area contributed by atoms with Crippen molar-refractivity contribution in [2.75, 3.05) is 12.4 Å². The Morgan fingerprint density at radius 2 is 1.76 bits per heavy atom. The van der Waals surface area contributed by atoms with Gasteiger partial charge in [0.2, 0.25) is 0 Å². The summed E-state index contributed by atoms with van der Waals surface area (Å²) in [6.45, 7) is 4.04. The zero-order chi connectivity index (χ0) is 21.0. The fourth-order valence-corrected chi connectivity index (χ4v) is 3.84. The molecule has 3 rings (SSSR count). The Morgan fingerprint density at radius 1 is 1.07 bits per heavy atom. The van der Waals surface area contributed by atoms with Crippen molar-refractivity contribution >= 4 is 49.8 Å². The van der Waals surface area contributed by atoms with E-state index in [1.165, 1.54) is 0 Å². The first-order valence-electron chi connectivity index (χ1n) is 8.78. The van der Waals surface area contributed by atoms with Crippen molar-refractivity contribution in [3.63, 3.8) is 0 Å². The van der Waals surface area contributed by atoms with Gasteiger partial charge in [0.25, 0.3) is 0 Å². The average molecular weight is 520 g/mol. The van der Waals surface area contributed by atoms with Crippen molar-refractivity contribution in [3.05, 3.63) is 74.4 Å². The van der Waals surface area contributed by atoms with Crippen LogP contribution in [0, 0.1) is 13.8 Å². The van der Waals surface area contributed by atoms with Gasteiger partial charge in [0.05, 0.1) is 19.0 Å². The molecule has 150 valence electrons. The van der Waals surface area contributed by atoms with Gasteiger partial charge in [0.1, 0.15) is 5.75 Å². The van der Waals surface area contributed by atoms with E-state index in [-0.39, 0.29) is 0 Å². The molecular weight excluding hydrogens is 500 g/mol. The quantitative estimate of drug-likeness (QED) is 0.331. The molecule has 3 aromatic rings. The summed E-state index contributed by atoms with van der Waals surface area (Å²) in [5.41, 5.74) is 7.05. The second kappa shape index (κ2) is 9.28. The van der Waals surface area contributed by atoms with E-state index in [1.807, 2.05) is 50.2 Å². The molecule has 0 unspecified atom stereocenters. The summed E-state index contributed by atoms with van der Waals surface area (Å²) in [4.78, 5) is 12.2. The van der Waals surface area contributed by atoms with Gasteiger partial charge in [0, 0.05) is 31.6 Å². The normalized spacial score (nSPS) is 10.9. The number of urea groups is 1. The predicted octanol–water partition coefficient (Wildman–Crippen LogP) is 5.78. The minimum Gasteiger partial charge on any atom is -0.495 e. The SMILES string of the molecule is COc1ccccc1NC(=O)N/N=C/c1c(Br)c(C)n(-c2ccc(Br)cc2)c1C.